The van der Waals surface area contributed by atoms with E-state index in [1.165, 1.54) is 4.90 Å². The summed E-state index contributed by atoms with van der Waals surface area (Å²) in [5, 5.41) is 0. The second-order valence-corrected chi connectivity index (χ2v) is 8.15. The second kappa shape index (κ2) is 10.0. The Hall–Kier alpha value is -4.11. The predicted molar refractivity (Wildman–Crippen MR) is 125 cm³/mol. The van der Waals surface area contributed by atoms with Gasteiger partial charge >= 0.3 is 0 Å². The van der Waals surface area contributed by atoms with Crippen molar-refractivity contribution in [3.05, 3.63) is 77.7 Å². The first-order chi connectivity index (χ1) is 17.1. The Labute approximate surface area is 201 Å². The zero-order valence-electron chi connectivity index (χ0n) is 19.0. The van der Waals surface area contributed by atoms with Crippen LogP contribution in [0.5, 0.6) is 11.5 Å². The number of anilines is 1. The maximum atomic E-state index is 12.7. The van der Waals surface area contributed by atoms with Gasteiger partial charge in [0, 0.05) is 18.7 Å². The van der Waals surface area contributed by atoms with Gasteiger partial charge < -0.3 is 23.5 Å². The highest BCUT2D eigenvalue weighted by Crippen LogP contribution is 2.34. The highest BCUT2D eigenvalue weighted by molar-refractivity contribution is 6.02. The molecule has 35 heavy (non-hydrogen) atoms. The summed E-state index contributed by atoms with van der Waals surface area (Å²) in [6.45, 7) is 1.85. The molecule has 2 aromatic carbocycles. The molecule has 0 bridgehead atoms. The van der Waals surface area contributed by atoms with Crippen molar-refractivity contribution in [2.75, 3.05) is 44.4 Å². The number of morpholine rings is 1. The fourth-order valence-corrected chi connectivity index (χ4v) is 3.95. The third-order valence-electron chi connectivity index (χ3n) is 5.82. The number of furan rings is 1. The number of ketones is 1. The number of Topliss-reactive ketones (excluding diaryl/α,β-unsaturated/α-hetero) is 1. The molecular formula is C26H24N2O7. The van der Waals surface area contributed by atoms with Gasteiger partial charge in [-0.05, 0) is 42.5 Å². The Morgan fingerprint density at radius 2 is 1.77 bits per heavy atom. The summed E-state index contributed by atoms with van der Waals surface area (Å²) in [6, 6.07) is 17.3. The molecule has 9 heteroatoms. The van der Waals surface area contributed by atoms with E-state index in [1.807, 2.05) is 18.2 Å². The third-order valence-corrected chi connectivity index (χ3v) is 5.82. The van der Waals surface area contributed by atoms with Crippen LogP contribution in [0.4, 0.5) is 5.69 Å². The van der Waals surface area contributed by atoms with Crippen molar-refractivity contribution < 1.29 is 33.0 Å². The number of amides is 2. The van der Waals surface area contributed by atoms with Gasteiger partial charge in [0.15, 0.2) is 24.8 Å². The Bertz CT molecular complexity index is 1230. The van der Waals surface area contributed by atoms with Crippen molar-refractivity contribution in [1.29, 1.82) is 0 Å². The van der Waals surface area contributed by atoms with Gasteiger partial charge in [0.2, 0.25) is 0 Å². The van der Waals surface area contributed by atoms with Gasteiger partial charge in [0.05, 0.1) is 25.4 Å². The molecule has 2 amide bonds. The number of benzene rings is 2. The van der Waals surface area contributed by atoms with Crippen LogP contribution < -0.4 is 14.4 Å². The molecule has 0 unspecified atom stereocenters. The minimum absolute atomic E-state index is 0.101. The second-order valence-electron chi connectivity index (χ2n) is 8.15. The lowest BCUT2D eigenvalue weighted by atomic mass is 10.1. The van der Waals surface area contributed by atoms with Crippen LogP contribution in [0.3, 0.4) is 0 Å². The van der Waals surface area contributed by atoms with Crippen molar-refractivity contribution in [2.45, 2.75) is 6.54 Å². The average Bonchev–Trinajstić information content (AvgIpc) is 3.38. The highest BCUT2D eigenvalue weighted by Gasteiger charge is 2.28. The molecule has 2 aliphatic rings. The molecule has 0 radical (unpaired) electrons. The van der Waals surface area contributed by atoms with E-state index in [0.717, 1.165) is 0 Å². The number of carbonyl (C=O) groups is 3. The minimum atomic E-state index is -0.278. The summed E-state index contributed by atoms with van der Waals surface area (Å²) >= 11 is 0. The summed E-state index contributed by atoms with van der Waals surface area (Å²) in [7, 11) is 0. The van der Waals surface area contributed by atoms with E-state index in [0.29, 0.717) is 54.8 Å². The molecule has 1 saturated heterocycles. The molecule has 3 heterocycles. The molecule has 2 aliphatic heterocycles. The fourth-order valence-electron chi connectivity index (χ4n) is 3.95. The molecule has 3 aromatic rings. The summed E-state index contributed by atoms with van der Waals surface area (Å²) in [6.07, 6.45) is 0. The van der Waals surface area contributed by atoms with Crippen LogP contribution in [-0.2, 0) is 16.1 Å². The topological polar surface area (TPSA) is 98.5 Å². The minimum Gasteiger partial charge on any atom is -0.485 e. The SMILES string of the molecule is O=C(COc1ccccc1)c1ccc2c(c1)N(Cc1ccc(C(=O)N3CCOCC3)o1)C(=O)CO2. The van der Waals surface area contributed by atoms with Crippen molar-refractivity contribution in [3.8, 4) is 11.5 Å². The van der Waals surface area contributed by atoms with E-state index < -0.39 is 0 Å². The largest absolute Gasteiger partial charge is 0.485 e. The van der Waals surface area contributed by atoms with Crippen LogP contribution in [0.25, 0.3) is 0 Å². The molecule has 0 spiro atoms. The number of rotatable bonds is 7. The lowest BCUT2D eigenvalue weighted by Gasteiger charge is -2.29. The lowest BCUT2D eigenvalue weighted by Crippen LogP contribution is -2.40. The number of fused-ring (bicyclic) bond motifs is 1. The molecule has 0 aliphatic carbocycles. The molecule has 0 N–H and O–H groups in total. The summed E-state index contributed by atoms with van der Waals surface area (Å²) < 4.78 is 22.2. The Balaban J connectivity index is 1.31. The Morgan fingerprint density at radius 1 is 0.971 bits per heavy atom. The standard InChI is InChI=1S/C26H24N2O7/c29-22(16-33-19-4-2-1-3-5-19)18-6-8-23-21(14-18)28(25(30)17-34-23)15-20-7-9-24(35-20)26(31)27-10-12-32-13-11-27/h1-9,14H,10-13,15-17H2. The maximum absolute atomic E-state index is 12.7. The lowest BCUT2D eigenvalue weighted by molar-refractivity contribution is -0.121. The maximum Gasteiger partial charge on any atom is 0.289 e. The van der Waals surface area contributed by atoms with Crippen LogP contribution in [0.15, 0.2) is 65.1 Å². The van der Waals surface area contributed by atoms with Crippen molar-refractivity contribution in [2.24, 2.45) is 0 Å². The van der Waals surface area contributed by atoms with E-state index in [2.05, 4.69) is 0 Å². The van der Waals surface area contributed by atoms with E-state index in [-0.39, 0.29) is 43.1 Å². The molecule has 0 saturated carbocycles. The monoisotopic (exact) mass is 476 g/mol. The van der Waals surface area contributed by atoms with Gasteiger partial charge in [-0.2, -0.15) is 0 Å². The van der Waals surface area contributed by atoms with Gasteiger partial charge in [0.25, 0.3) is 11.8 Å². The number of hydrogen-bond acceptors (Lipinski definition) is 7. The normalized spacial score (nSPS) is 15.4. The molecule has 0 atom stereocenters. The quantitative estimate of drug-likeness (QED) is 0.484. The van der Waals surface area contributed by atoms with Crippen LogP contribution in [0.2, 0.25) is 0 Å². The first-order valence-corrected chi connectivity index (χ1v) is 11.3. The zero-order chi connectivity index (χ0) is 24.2. The van der Waals surface area contributed by atoms with Crippen LogP contribution in [0.1, 0.15) is 26.7 Å². The number of hydrogen-bond donors (Lipinski definition) is 0. The van der Waals surface area contributed by atoms with Crippen LogP contribution in [-0.4, -0.2) is 62.0 Å². The number of ether oxygens (including phenoxy) is 3. The summed E-state index contributed by atoms with van der Waals surface area (Å²) in [4.78, 5) is 41.3. The van der Waals surface area contributed by atoms with E-state index in [1.54, 1.807) is 47.4 Å². The number of carbonyl (C=O) groups excluding carboxylic acids is 3. The van der Waals surface area contributed by atoms with Crippen molar-refractivity contribution >= 4 is 23.3 Å². The van der Waals surface area contributed by atoms with Gasteiger partial charge in [-0.25, -0.2) is 0 Å². The molecule has 5 rings (SSSR count). The van der Waals surface area contributed by atoms with Gasteiger partial charge in [-0.3, -0.25) is 19.3 Å². The van der Waals surface area contributed by atoms with Gasteiger partial charge in [0.1, 0.15) is 17.3 Å². The Morgan fingerprint density at radius 3 is 2.57 bits per heavy atom. The summed E-state index contributed by atoms with van der Waals surface area (Å²) in [5.41, 5.74) is 0.856. The first kappa shape index (κ1) is 22.7. The third kappa shape index (κ3) is 5.04. The van der Waals surface area contributed by atoms with Crippen LogP contribution in [0, 0.1) is 0 Å². The molecule has 1 aromatic heterocycles. The van der Waals surface area contributed by atoms with Crippen LogP contribution >= 0.6 is 0 Å². The van der Waals surface area contributed by atoms with E-state index >= 15 is 0 Å². The average molecular weight is 476 g/mol. The first-order valence-electron chi connectivity index (χ1n) is 11.3. The number of nitrogens with zero attached hydrogens (tertiary/aromatic N) is 2. The molecule has 9 nitrogen and oxygen atoms in total. The smallest absolute Gasteiger partial charge is 0.289 e. The van der Waals surface area contributed by atoms with E-state index in [9.17, 15) is 14.4 Å². The van der Waals surface area contributed by atoms with Crippen molar-refractivity contribution in [3.63, 3.8) is 0 Å². The molecular weight excluding hydrogens is 452 g/mol. The molecule has 1 fully saturated rings. The van der Waals surface area contributed by atoms with E-state index in [4.69, 9.17) is 18.6 Å². The zero-order valence-corrected chi connectivity index (χ0v) is 19.0. The molecule has 180 valence electrons. The fraction of sp³-hybridized carbons (Fsp3) is 0.269. The number of para-hydroxylation sites is 1. The predicted octanol–water partition coefficient (Wildman–Crippen LogP) is 2.94. The summed E-state index contributed by atoms with van der Waals surface area (Å²) in [5.74, 6) is 1.03. The van der Waals surface area contributed by atoms with Crippen molar-refractivity contribution in [1.82, 2.24) is 4.90 Å². The highest BCUT2D eigenvalue weighted by atomic mass is 16.5. The van der Waals surface area contributed by atoms with Gasteiger partial charge in [-0.1, -0.05) is 18.2 Å². The van der Waals surface area contributed by atoms with Gasteiger partial charge in [-0.15, -0.1) is 0 Å². The Kier molecular flexibility index (Phi) is 6.49.